The largest absolute Gasteiger partial charge is 0.462 e. The molecule has 0 saturated carbocycles. The van der Waals surface area contributed by atoms with Gasteiger partial charge in [-0.3, -0.25) is 4.98 Å². The topological polar surface area (TPSA) is 39.2 Å². The van der Waals surface area contributed by atoms with Crippen LogP contribution in [0.4, 0.5) is 0 Å². The zero-order valence-electron chi connectivity index (χ0n) is 9.36. The molecule has 3 nitrogen and oxygen atoms in total. The summed E-state index contributed by atoms with van der Waals surface area (Å²) in [6.07, 6.45) is 0. The molecule has 0 fully saturated rings. The number of carbonyl (C=O) groups excluding carboxylic acids is 1. The number of ether oxygens (including phenoxy) is 1. The second-order valence-electron chi connectivity index (χ2n) is 3.58. The van der Waals surface area contributed by atoms with E-state index < -0.39 is 0 Å². The summed E-state index contributed by atoms with van der Waals surface area (Å²) >= 11 is 0. The van der Waals surface area contributed by atoms with Crippen molar-refractivity contribution in [2.24, 2.45) is 0 Å². The summed E-state index contributed by atoms with van der Waals surface area (Å²) in [5.74, 6) is -0.298. The lowest BCUT2D eigenvalue weighted by molar-refractivity contribution is 0.0526. The van der Waals surface area contributed by atoms with E-state index in [0.717, 1.165) is 16.6 Å². The van der Waals surface area contributed by atoms with Crippen molar-refractivity contribution in [2.75, 3.05) is 6.61 Å². The smallest absolute Gasteiger partial charge is 0.338 e. The van der Waals surface area contributed by atoms with Crippen molar-refractivity contribution in [3.63, 3.8) is 0 Å². The maximum Gasteiger partial charge on any atom is 0.338 e. The van der Waals surface area contributed by atoms with Crippen molar-refractivity contribution in [3.05, 3.63) is 41.6 Å². The Morgan fingerprint density at radius 3 is 2.81 bits per heavy atom. The molecule has 1 heterocycles. The number of aromatic nitrogens is 1. The van der Waals surface area contributed by atoms with E-state index in [1.54, 1.807) is 19.1 Å². The Morgan fingerprint density at radius 1 is 1.31 bits per heavy atom. The lowest BCUT2D eigenvalue weighted by atomic mass is 10.1. The first-order valence-electron chi connectivity index (χ1n) is 5.25. The summed E-state index contributed by atoms with van der Waals surface area (Å²) in [7, 11) is 0. The Labute approximate surface area is 94.1 Å². The first kappa shape index (κ1) is 10.6. The summed E-state index contributed by atoms with van der Waals surface area (Å²) in [5.41, 5.74) is 2.31. The number of benzene rings is 1. The van der Waals surface area contributed by atoms with Crippen LogP contribution < -0.4 is 0 Å². The fourth-order valence-corrected chi connectivity index (χ4v) is 1.56. The molecule has 2 aromatic rings. The zero-order chi connectivity index (χ0) is 11.5. The first-order chi connectivity index (χ1) is 7.70. The van der Waals surface area contributed by atoms with Gasteiger partial charge >= 0.3 is 5.97 Å². The highest BCUT2D eigenvalue weighted by Crippen LogP contribution is 2.15. The number of hydrogen-bond donors (Lipinski definition) is 0. The molecule has 3 heteroatoms. The van der Waals surface area contributed by atoms with Gasteiger partial charge in [0.05, 0.1) is 17.7 Å². The van der Waals surface area contributed by atoms with Crippen molar-refractivity contribution in [1.82, 2.24) is 4.98 Å². The van der Waals surface area contributed by atoms with Crippen LogP contribution in [0, 0.1) is 6.92 Å². The molecule has 0 aliphatic rings. The van der Waals surface area contributed by atoms with E-state index in [-0.39, 0.29) is 5.97 Å². The molecule has 0 unspecified atom stereocenters. The van der Waals surface area contributed by atoms with Crippen LogP contribution >= 0.6 is 0 Å². The number of hydrogen-bond acceptors (Lipinski definition) is 3. The molecule has 0 bridgehead atoms. The molecular formula is C13H13NO2. The van der Waals surface area contributed by atoms with E-state index in [0.29, 0.717) is 12.2 Å². The molecule has 1 aromatic heterocycles. The van der Waals surface area contributed by atoms with E-state index in [1.807, 2.05) is 25.1 Å². The Morgan fingerprint density at radius 2 is 2.06 bits per heavy atom. The second-order valence-corrected chi connectivity index (χ2v) is 3.58. The molecule has 0 amide bonds. The van der Waals surface area contributed by atoms with Gasteiger partial charge in [-0.2, -0.15) is 0 Å². The molecule has 2 rings (SSSR count). The lowest BCUT2D eigenvalue weighted by Gasteiger charge is -2.03. The van der Waals surface area contributed by atoms with Crippen LogP contribution in [0.25, 0.3) is 10.9 Å². The van der Waals surface area contributed by atoms with Gasteiger partial charge in [-0.05, 0) is 32.0 Å². The van der Waals surface area contributed by atoms with Crippen LogP contribution in [0.1, 0.15) is 23.0 Å². The Hall–Kier alpha value is -1.90. The van der Waals surface area contributed by atoms with Gasteiger partial charge in [0.2, 0.25) is 0 Å². The Bertz CT molecular complexity index is 534. The van der Waals surface area contributed by atoms with Gasteiger partial charge in [-0.15, -0.1) is 0 Å². The molecule has 0 saturated heterocycles. The van der Waals surface area contributed by atoms with E-state index in [9.17, 15) is 4.79 Å². The highest BCUT2D eigenvalue weighted by atomic mass is 16.5. The summed E-state index contributed by atoms with van der Waals surface area (Å²) < 4.78 is 4.94. The molecule has 0 N–H and O–H groups in total. The third-order valence-corrected chi connectivity index (χ3v) is 2.34. The van der Waals surface area contributed by atoms with Gasteiger partial charge in [0.15, 0.2) is 0 Å². The Kier molecular flexibility index (Phi) is 2.86. The van der Waals surface area contributed by atoms with Crippen LogP contribution in [-0.2, 0) is 4.74 Å². The SMILES string of the molecule is CCOC(=O)c1ccc2ccc(C)nc2c1. The maximum absolute atomic E-state index is 11.5. The van der Waals surface area contributed by atoms with E-state index in [2.05, 4.69) is 4.98 Å². The molecule has 16 heavy (non-hydrogen) atoms. The molecule has 82 valence electrons. The van der Waals surface area contributed by atoms with E-state index in [1.165, 1.54) is 0 Å². The molecule has 0 aliphatic carbocycles. The van der Waals surface area contributed by atoms with Crippen LogP contribution in [0.15, 0.2) is 30.3 Å². The van der Waals surface area contributed by atoms with Crippen LogP contribution in [0.5, 0.6) is 0 Å². The van der Waals surface area contributed by atoms with Crippen LogP contribution in [0.2, 0.25) is 0 Å². The van der Waals surface area contributed by atoms with E-state index in [4.69, 9.17) is 4.74 Å². The van der Waals surface area contributed by atoms with Crippen molar-refractivity contribution >= 4 is 16.9 Å². The molecular weight excluding hydrogens is 202 g/mol. The fourth-order valence-electron chi connectivity index (χ4n) is 1.56. The summed E-state index contributed by atoms with van der Waals surface area (Å²) in [4.78, 5) is 15.9. The molecule has 0 radical (unpaired) electrons. The highest BCUT2D eigenvalue weighted by Gasteiger charge is 2.07. The molecule has 0 spiro atoms. The van der Waals surface area contributed by atoms with E-state index >= 15 is 0 Å². The first-order valence-corrected chi connectivity index (χ1v) is 5.25. The number of fused-ring (bicyclic) bond motifs is 1. The number of rotatable bonds is 2. The van der Waals surface area contributed by atoms with Gasteiger partial charge in [0, 0.05) is 11.1 Å². The number of carbonyl (C=O) groups is 1. The molecule has 0 aliphatic heterocycles. The van der Waals surface area contributed by atoms with Crippen molar-refractivity contribution in [2.45, 2.75) is 13.8 Å². The monoisotopic (exact) mass is 215 g/mol. The number of pyridine rings is 1. The van der Waals surface area contributed by atoms with Crippen molar-refractivity contribution in [3.8, 4) is 0 Å². The average molecular weight is 215 g/mol. The molecule has 1 aromatic carbocycles. The lowest BCUT2D eigenvalue weighted by Crippen LogP contribution is -2.04. The van der Waals surface area contributed by atoms with Gasteiger partial charge in [-0.1, -0.05) is 12.1 Å². The zero-order valence-corrected chi connectivity index (χ0v) is 9.36. The normalized spacial score (nSPS) is 10.4. The highest BCUT2D eigenvalue weighted by molar-refractivity contribution is 5.94. The average Bonchev–Trinajstić information content (AvgIpc) is 2.28. The summed E-state index contributed by atoms with van der Waals surface area (Å²) in [6.45, 7) is 4.11. The predicted molar refractivity (Wildman–Crippen MR) is 62.4 cm³/mol. The quantitative estimate of drug-likeness (QED) is 0.723. The third kappa shape index (κ3) is 2.03. The van der Waals surface area contributed by atoms with Crippen molar-refractivity contribution < 1.29 is 9.53 Å². The van der Waals surface area contributed by atoms with Gasteiger partial charge in [-0.25, -0.2) is 4.79 Å². The number of esters is 1. The third-order valence-electron chi connectivity index (χ3n) is 2.34. The maximum atomic E-state index is 11.5. The van der Waals surface area contributed by atoms with Gasteiger partial charge < -0.3 is 4.74 Å². The molecule has 0 atom stereocenters. The van der Waals surface area contributed by atoms with Crippen LogP contribution in [-0.4, -0.2) is 17.6 Å². The van der Waals surface area contributed by atoms with Gasteiger partial charge in [0.1, 0.15) is 0 Å². The Balaban J connectivity index is 2.46. The standard InChI is InChI=1S/C13H13NO2/c1-3-16-13(15)11-7-6-10-5-4-9(2)14-12(10)8-11/h4-8H,3H2,1-2H3. The van der Waals surface area contributed by atoms with Gasteiger partial charge in [0.25, 0.3) is 0 Å². The second kappa shape index (κ2) is 4.31. The summed E-state index contributed by atoms with van der Waals surface area (Å²) in [6, 6.07) is 9.35. The number of aryl methyl sites for hydroxylation is 1. The summed E-state index contributed by atoms with van der Waals surface area (Å²) in [5, 5.41) is 1.03. The number of nitrogens with zero attached hydrogens (tertiary/aromatic N) is 1. The minimum Gasteiger partial charge on any atom is -0.462 e. The van der Waals surface area contributed by atoms with Crippen LogP contribution in [0.3, 0.4) is 0 Å². The minimum atomic E-state index is -0.298. The predicted octanol–water partition coefficient (Wildman–Crippen LogP) is 2.72. The fraction of sp³-hybridized carbons (Fsp3) is 0.231. The van der Waals surface area contributed by atoms with Crippen molar-refractivity contribution in [1.29, 1.82) is 0 Å². The minimum absolute atomic E-state index is 0.298.